The largest absolute Gasteiger partial charge is 0.481 e. The number of fused-ring (bicyclic) bond motifs is 3. The van der Waals surface area contributed by atoms with E-state index in [1.54, 1.807) is 19.2 Å². The Labute approximate surface area is 114 Å². The lowest BCUT2D eigenvalue weighted by atomic mass is 10.0. The number of halogens is 1. The quantitative estimate of drug-likeness (QED) is 0.751. The highest BCUT2D eigenvalue weighted by Crippen LogP contribution is 2.28. The molecule has 96 valence electrons. The number of carbonyl (C=O) groups is 1. The normalized spacial score (nSPS) is 12.9. The Morgan fingerprint density at radius 1 is 1.37 bits per heavy atom. The third-order valence-corrected chi connectivity index (χ3v) is 3.52. The lowest BCUT2D eigenvalue weighted by Crippen LogP contribution is -2.07. The van der Waals surface area contributed by atoms with Crippen molar-refractivity contribution in [3.8, 4) is 0 Å². The van der Waals surface area contributed by atoms with Gasteiger partial charge >= 0.3 is 5.97 Å². The molecule has 0 saturated carbocycles. The van der Waals surface area contributed by atoms with E-state index < -0.39 is 11.9 Å². The number of hydrogen-bond acceptors (Lipinski definition) is 2. The predicted molar refractivity (Wildman–Crippen MR) is 74.7 cm³/mol. The number of pyridine rings is 1. The molecule has 0 amide bonds. The standard InChI is InChI=1S/C14H11ClN2O2/c1-7(14(18)19)8-4-12-13(16-6-8)10-5-9(15)2-3-11(10)17-12/h2-7,17H,1H3,(H,18,19)/t7-/m0/s1. The Bertz CT molecular complexity index is 795. The van der Waals surface area contributed by atoms with Crippen molar-refractivity contribution in [1.82, 2.24) is 9.97 Å². The van der Waals surface area contributed by atoms with Crippen LogP contribution >= 0.6 is 11.6 Å². The maximum atomic E-state index is 11.0. The molecule has 3 rings (SSSR count). The van der Waals surface area contributed by atoms with Crippen molar-refractivity contribution >= 4 is 39.5 Å². The molecule has 0 bridgehead atoms. The summed E-state index contributed by atoms with van der Waals surface area (Å²) in [5.41, 5.74) is 3.24. The molecule has 0 fully saturated rings. The van der Waals surface area contributed by atoms with Gasteiger partial charge < -0.3 is 10.1 Å². The van der Waals surface area contributed by atoms with E-state index in [9.17, 15) is 4.79 Å². The summed E-state index contributed by atoms with van der Waals surface area (Å²) in [7, 11) is 0. The fraction of sp³-hybridized carbons (Fsp3) is 0.143. The van der Waals surface area contributed by atoms with E-state index in [0.29, 0.717) is 10.6 Å². The number of aromatic amines is 1. The number of nitrogens with zero attached hydrogens (tertiary/aromatic N) is 1. The minimum Gasteiger partial charge on any atom is -0.481 e. The molecule has 1 aromatic carbocycles. The summed E-state index contributed by atoms with van der Waals surface area (Å²) in [4.78, 5) is 18.6. The van der Waals surface area contributed by atoms with Crippen LogP contribution in [0.4, 0.5) is 0 Å². The summed E-state index contributed by atoms with van der Waals surface area (Å²) in [6, 6.07) is 7.37. The lowest BCUT2D eigenvalue weighted by molar-refractivity contribution is -0.138. The van der Waals surface area contributed by atoms with Gasteiger partial charge in [-0.1, -0.05) is 11.6 Å². The zero-order valence-electron chi connectivity index (χ0n) is 10.1. The highest BCUT2D eigenvalue weighted by Gasteiger charge is 2.15. The first kappa shape index (κ1) is 12.0. The Morgan fingerprint density at radius 3 is 2.89 bits per heavy atom. The van der Waals surface area contributed by atoms with E-state index in [-0.39, 0.29) is 0 Å². The first-order valence-corrected chi connectivity index (χ1v) is 6.24. The zero-order chi connectivity index (χ0) is 13.6. The second-order valence-corrected chi connectivity index (χ2v) is 4.98. The average molecular weight is 275 g/mol. The fourth-order valence-electron chi connectivity index (χ4n) is 2.14. The summed E-state index contributed by atoms with van der Waals surface area (Å²) >= 11 is 5.98. The average Bonchev–Trinajstić information content (AvgIpc) is 2.74. The van der Waals surface area contributed by atoms with Crippen molar-refractivity contribution < 1.29 is 9.90 Å². The van der Waals surface area contributed by atoms with Gasteiger partial charge in [-0.2, -0.15) is 0 Å². The summed E-state index contributed by atoms with van der Waals surface area (Å²) in [6.45, 7) is 1.64. The molecule has 2 aromatic heterocycles. The third-order valence-electron chi connectivity index (χ3n) is 3.29. The topological polar surface area (TPSA) is 66.0 Å². The van der Waals surface area contributed by atoms with Crippen molar-refractivity contribution in [3.05, 3.63) is 41.0 Å². The van der Waals surface area contributed by atoms with Crippen LogP contribution in [0.15, 0.2) is 30.5 Å². The Balaban J connectivity index is 2.24. The summed E-state index contributed by atoms with van der Waals surface area (Å²) < 4.78 is 0. The van der Waals surface area contributed by atoms with Gasteiger partial charge in [-0.05, 0) is 36.8 Å². The van der Waals surface area contributed by atoms with Crippen molar-refractivity contribution in [3.63, 3.8) is 0 Å². The molecule has 2 N–H and O–H groups in total. The molecular formula is C14H11ClN2O2. The zero-order valence-corrected chi connectivity index (χ0v) is 10.9. The number of rotatable bonds is 2. The second kappa shape index (κ2) is 4.24. The number of carboxylic acid groups (broad SMARTS) is 1. The van der Waals surface area contributed by atoms with Gasteiger partial charge in [0.05, 0.1) is 17.0 Å². The van der Waals surface area contributed by atoms with Crippen LogP contribution in [0.3, 0.4) is 0 Å². The van der Waals surface area contributed by atoms with Gasteiger partial charge in [0, 0.05) is 22.1 Å². The van der Waals surface area contributed by atoms with E-state index in [2.05, 4.69) is 9.97 Å². The van der Waals surface area contributed by atoms with Crippen LogP contribution in [-0.2, 0) is 4.79 Å². The highest BCUT2D eigenvalue weighted by atomic mass is 35.5. The van der Waals surface area contributed by atoms with Gasteiger partial charge in [0.2, 0.25) is 0 Å². The van der Waals surface area contributed by atoms with Gasteiger partial charge in [-0.3, -0.25) is 9.78 Å². The van der Waals surface area contributed by atoms with E-state index in [1.807, 2.05) is 18.2 Å². The highest BCUT2D eigenvalue weighted by molar-refractivity contribution is 6.31. The molecule has 1 atom stereocenters. The number of nitrogens with one attached hydrogen (secondary N) is 1. The first-order valence-electron chi connectivity index (χ1n) is 5.86. The molecule has 5 heteroatoms. The molecule has 4 nitrogen and oxygen atoms in total. The van der Waals surface area contributed by atoms with Crippen LogP contribution < -0.4 is 0 Å². The summed E-state index contributed by atoms with van der Waals surface area (Å²) in [5.74, 6) is -1.44. The second-order valence-electron chi connectivity index (χ2n) is 4.54. The van der Waals surface area contributed by atoms with Gasteiger partial charge in [0.1, 0.15) is 0 Å². The third kappa shape index (κ3) is 1.94. The molecule has 0 spiro atoms. The Morgan fingerprint density at radius 2 is 2.16 bits per heavy atom. The number of hydrogen-bond donors (Lipinski definition) is 2. The van der Waals surface area contributed by atoms with E-state index in [1.165, 1.54) is 0 Å². The van der Waals surface area contributed by atoms with Gasteiger partial charge in [0.25, 0.3) is 0 Å². The molecule has 0 aliphatic heterocycles. The van der Waals surface area contributed by atoms with Crippen LogP contribution in [0.1, 0.15) is 18.4 Å². The minimum atomic E-state index is -0.861. The number of aliphatic carboxylic acids is 1. The molecule has 0 unspecified atom stereocenters. The minimum absolute atomic E-state index is 0.577. The molecule has 2 heterocycles. The molecule has 0 aliphatic carbocycles. The van der Waals surface area contributed by atoms with Crippen LogP contribution in [0.2, 0.25) is 5.02 Å². The monoisotopic (exact) mass is 274 g/mol. The lowest BCUT2D eigenvalue weighted by Gasteiger charge is -2.05. The van der Waals surface area contributed by atoms with Gasteiger partial charge in [0.15, 0.2) is 0 Å². The smallest absolute Gasteiger partial charge is 0.310 e. The van der Waals surface area contributed by atoms with Crippen molar-refractivity contribution in [2.45, 2.75) is 12.8 Å². The van der Waals surface area contributed by atoms with E-state index >= 15 is 0 Å². The number of H-pyrrole nitrogens is 1. The van der Waals surface area contributed by atoms with E-state index in [4.69, 9.17) is 16.7 Å². The van der Waals surface area contributed by atoms with Crippen LogP contribution in [-0.4, -0.2) is 21.0 Å². The SMILES string of the molecule is C[C@H](C(=O)O)c1cnc2c(c1)[nH]c1ccc(Cl)cc12. The van der Waals surface area contributed by atoms with Crippen molar-refractivity contribution in [2.75, 3.05) is 0 Å². The van der Waals surface area contributed by atoms with Crippen LogP contribution in [0.5, 0.6) is 0 Å². The van der Waals surface area contributed by atoms with Crippen LogP contribution in [0, 0.1) is 0 Å². The van der Waals surface area contributed by atoms with Crippen LogP contribution in [0.25, 0.3) is 21.9 Å². The first-order chi connectivity index (χ1) is 9.06. The van der Waals surface area contributed by atoms with Crippen molar-refractivity contribution in [1.29, 1.82) is 0 Å². The predicted octanol–water partition coefficient (Wildman–Crippen LogP) is 3.56. The molecule has 0 saturated heterocycles. The summed E-state index contributed by atoms with van der Waals surface area (Å²) in [5, 5.41) is 10.6. The maximum Gasteiger partial charge on any atom is 0.310 e. The van der Waals surface area contributed by atoms with E-state index in [0.717, 1.165) is 21.9 Å². The molecule has 0 radical (unpaired) electrons. The molecule has 0 aliphatic rings. The molecule has 3 aromatic rings. The fourth-order valence-corrected chi connectivity index (χ4v) is 2.31. The summed E-state index contributed by atoms with van der Waals surface area (Å²) in [6.07, 6.45) is 1.61. The number of aromatic nitrogens is 2. The number of carboxylic acids is 1. The van der Waals surface area contributed by atoms with Gasteiger partial charge in [-0.15, -0.1) is 0 Å². The molecule has 19 heavy (non-hydrogen) atoms. The van der Waals surface area contributed by atoms with Gasteiger partial charge in [-0.25, -0.2) is 0 Å². The Kier molecular flexibility index (Phi) is 2.68. The maximum absolute atomic E-state index is 11.0. The Hall–Kier alpha value is -2.07. The van der Waals surface area contributed by atoms with Crippen molar-refractivity contribution in [2.24, 2.45) is 0 Å². The number of benzene rings is 1. The molecular weight excluding hydrogens is 264 g/mol.